The Kier molecular flexibility index (Phi) is 6.77. The molecule has 0 radical (unpaired) electrons. The molecular weight excluding hydrogens is 520 g/mol. The maximum absolute atomic E-state index is 13.2. The molecule has 0 bridgehead atoms. The van der Waals surface area contributed by atoms with Gasteiger partial charge in [0, 0.05) is 14.6 Å². The van der Waals surface area contributed by atoms with Crippen LogP contribution in [0.4, 0.5) is 11.4 Å². The number of carbonyl (C=O) groups is 1. The number of amides is 1. The fourth-order valence-electron chi connectivity index (χ4n) is 2.70. The van der Waals surface area contributed by atoms with Crippen LogP contribution in [-0.2, 0) is 14.8 Å². The lowest BCUT2D eigenvalue weighted by Crippen LogP contribution is -2.38. The van der Waals surface area contributed by atoms with Crippen LogP contribution in [-0.4, -0.2) is 20.9 Å². The number of nitrogens with one attached hydrogen (secondary N) is 1. The molecule has 8 heteroatoms. The molecule has 0 fully saturated rings. The Morgan fingerprint density at radius 2 is 1.62 bits per heavy atom. The zero-order chi connectivity index (χ0) is 21.0. The Bertz CT molecular complexity index is 1120. The maximum Gasteiger partial charge on any atom is 0.264 e. The van der Waals surface area contributed by atoms with E-state index < -0.39 is 15.9 Å². The molecule has 0 aliphatic heterocycles. The van der Waals surface area contributed by atoms with Gasteiger partial charge in [0.2, 0.25) is 5.91 Å². The van der Waals surface area contributed by atoms with Crippen molar-refractivity contribution in [2.75, 3.05) is 16.2 Å². The van der Waals surface area contributed by atoms with E-state index in [0.717, 1.165) is 18.8 Å². The van der Waals surface area contributed by atoms with Gasteiger partial charge in [-0.05, 0) is 67.1 Å². The van der Waals surface area contributed by atoms with E-state index >= 15 is 0 Å². The molecule has 0 aliphatic carbocycles. The van der Waals surface area contributed by atoms with Crippen molar-refractivity contribution in [2.45, 2.75) is 11.8 Å². The molecule has 3 rings (SSSR count). The minimum atomic E-state index is -3.92. The number of rotatable bonds is 6. The number of benzene rings is 3. The first-order valence-electron chi connectivity index (χ1n) is 8.67. The van der Waals surface area contributed by atoms with Gasteiger partial charge in [-0.3, -0.25) is 9.10 Å². The Balaban J connectivity index is 1.92. The summed E-state index contributed by atoms with van der Waals surface area (Å²) in [7, 11) is -3.92. The summed E-state index contributed by atoms with van der Waals surface area (Å²) in [5.74, 6) is -0.436. The number of nitrogens with zero attached hydrogens (tertiary/aromatic N) is 1. The van der Waals surface area contributed by atoms with Gasteiger partial charge in [-0.15, -0.1) is 0 Å². The zero-order valence-electron chi connectivity index (χ0n) is 15.5. The Labute approximate surface area is 187 Å². The first-order valence-corrected chi connectivity index (χ1v) is 11.7. The van der Waals surface area contributed by atoms with E-state index in [0.29, 0.717) is 11.4 Å². The van der Waals surface area contributed by atoms with Crippen LogP contribution in [0.2, 0.25) is 0 Å². The normalized spacial score (nSPS) is 11.1. The van der Waals surface area contributed by atoms with Crippen molar-refractivity contribution in [1.82, 2.24) is 0 Å². The number of anilines is 2. The van der Waals surface area contributed by atoms with Crippen molar-refractivity contribution in [3.8, 4) is 0 Å². The van der Waals surface area contributed by atoms with Crippen LogP contribution in [0.1, 0.15) is 5.56 Å². The second-order valence-corrected chi connectivity index (χ2v) is 9.95. The monoisotopic (exact) mass is 536 g/mol. The van der Waals surface area contributed by atoms with Crippen LogP contribution in [0, 0.1) is 6.92 Å². The van der Waals surface area contributed by atoms with Gasteiger partial charge in [0.05, 0.1) is 10.6 Å². The van der Waals surface area contributed by atoms with Crippen molar-refractivity contribution in [2.24, 2.45) is 0 Å². The second-order valence-electron chi connectivity index (χ2n) is 6.31. The van der Waals surface area contributed by atoms with Crippen LogP contribution in [0.25, 0.3) is 0 Å². The van der Waals surface area contributed by atoms with Crippen molar-refractivity contribution in [1.29, 1.82) is 0 Å². The maximum atomic E-state index is 13.2. The van der Waals surface area contributed by atoms with E-state index in [1.165, 1.54) is 12.1 Å². The largest absolute Gasteiger partial charge is 0.325 e. The van der Waals surface area contributed by atoms with Gasteiger partial charge >= 0.3 is 0 Å². The Hall–Kier alpha value is -2.16. The minimum Gasteiger partial charge on any atom is -0.325 e. The Morgan fingerprint density at radius 1 is 0.966 bits per heavy atom. The minimum absolute atomic E-state index is 0.121. The third-order valence-electron chi connectivity index (χ3n) is 4.17. The topological polar surface area (TPSA) is 66.5 Å². The van der Waals surface area contributed by atoms with Gasteiger partial charge in [0.15, 0.2) is 0 Å². The predicted molar refractivity (Wildman–Crippen MR) is 123 cm³/mol. The lowest BCUT2D eigenvalue weighted by Gasteiger charge is -2.24. The highest BCUT2D eigenvalue weighted by Gasteiger charge is 2.27. The molecular formula is C21H18Br2N2O3S. The molecule has 0 spiro atoms. The summed E-state index contributed by atoms with van der Waals surface area (Å²) in [5.41, 5.74) is 1.97. The third-order valence-corrected chi connectivity index (χ3v) is 7.38. The molecule has 0 aromatic heterocycles. The fourth-order valence-corrected chi connectivity index (χ4v) is 4.65. The molecule has 5 nitrogen and oxygen atoms in total. The molecule has 0 unspecified atom stereocenters. The zero-order valence-corrected chi connectivity index (χ0v) is 19.5. The van der Waals surface area contributed by atoms with E-state index in [-0.39, 0.29) is 11.4 Å². The lowest BCUT2D eigenvalue weighted by molar-refractivity contribution is -0.114. The molecule has 0 aliphatic rings. The standard InChI is InChI=1S/C21H18Br2N2O3S/c1-15-13-17(9-12-20(15)23)24-21(26)14-25(18-10-7-16(22)8-11-18)29(27,28)19-5-3-2-4-6-19/h2-13H,14H2,1H3,(H,24,26). The summed E-state index contributed by atoms with van der Waals surface area (Å²) in [5, 5.41) is 2.77. The summed E-state index contributed by atoms with van der Waals surface area (Å²) >= 11 is 6.77. The van der Waals surface area contributed by atoms with Crippen LogP contribution in [0.5, 0.6) is 0 Å². The average Bonchev–Trinajstić information content (AvgIpc) is 2.70. The molecule has 0 saturated carbocycles. The lowest BCUT2D eigenvalue weighted by atomic mass is 10.2. The summed E-state index contributed by atoms with van der Waals surface area (Å²) in [6, 6.07) is 20.2. The van der Waals surface area contributed by atoms with Crippen LogP contribution in [0.3, 0.4) is 0 Å². The Morgan fingerprint density at radius 3 is 2.24 bits per heavy atom. The van der Waals surface area contributed by atoms with E-state index in [9.17, 15) is 13.2 Å². The van der Waals surface area contributed by atoms with E-state index in [2.05, 4.69) is 37.2 Å². The number of aryl methyl sites for hydroxylation is 1. The molecule has 1 amide bonds. The first kappa shape index (κ1) is 21.5. The number of sulfonamides is 1. The van der Waals surface area contributed by atoms with Crippen LogP contribution < -0.4 is 9.62 Å². The summed E-state index contributed by atoms with van der Waals surface area (Å²) in [6.45, 7) is 1.56. The van der Waals surface area contributed by atoms with Gasteiger partial charge in [-0.2, -0.15) is 0 Å². The van der Waals surface area contributed by atoms with Gasteiger partial charge < -0.3 is 5.32 Å². The van der Waals surface area contributed by atoms with Gasteiger partial charge in [0.1, 0.15) is 6.54 Å². The molecule has 29 heavy (non-hydrogen) atoms. The molecule has 150 valence electrons. The van der Waals surface area contributed by atoms with E-state index in [1.807, 2.05) is 19.1 Å². The molecule has 1 N–H and O–H groups in total. The second kappa shape index (κ2) is 9.11. The number of carbonyl (C=O) groups excluding carboxylic acids is 1. The van der Waals surface area contributed by atoms with Crippen molar-refractivity contribution in [3.05, 3.63) is 87.3 Å². The van der Waals surface area contributed by atoms with Crippen molar-refractivity contribution >= 4 is 59.2 Å². The van der Waals surface area contributed by atoms with Gasteiger partial charge in [0.25, 0.3) is 10.0 Å². The molecule has 0 heterocycles. The SMILES string of the molecule is Cc1cc(NC(=O)CN(c2ccc(Br)cc2)S(=O)(=O)c2ccccc2)ccc1Br. The highest BCUT2D eigenvalue weighted by atomic mass is 79.9. The molecule has 0 saturated heterocycles. The first-order chi connectivity index (χ1) is 13.8. The van der Waals surface area contributed by atoms with Crippen molar-refractivity contribution in [3.63, 3.8) is 0 Å². The summed E-state index contributed by atoms with van der Waals surface area (Å²) in [6.07, 6.45) is 0. The highest BCUT2D eigenvalue weighted by Crippen LogP contribution is 2.26. The summed E-state index contributed by atoms with van der Waals surface area (Å²) < 4.78 is 29.3. The smallest absolute Gasteiger partial charge is 0.264 e. The van der Waals surface area contributed by atoms with Gasteiger partial charge in [-0.1, -0.05) is 50.1 Å². The quantitative estimate of drug-likeness (QED) is 0.460. The molecule has 3 aromatic rings. The number of hydrogen-bond donors (Lipinski definition) is 1. The fraction of sp³-hybridized carbons (Fsp3) is 0.0952. The van der Waals surface area contributed by atoms with Crippen LogP contribution >= 0.6 is 31.9 Å². The molecule has 3 aromatic carbocycles. The van der Waals surface area contributed by atoms with Crippen LogP contribution in [0.15, 0.2) is 86.6 Å². The number of hydrogen-bond acceptors (Lipinski definition) is 3. The van der Waals surface area contributed by atoms with Gasteiger partial charge in [-0.25, -0.2) is 8.42 Å². The van der Waals surface area contributed by atoms with E-state index in [4.69, 9.17) is 0 Å². The number of halogens is 2. The summed E-state index contributed by atoms with van der Waals surface area (Å²) in [4.78, 5) is 12.8. The van der Waals surface area contributed by atoms with E-state index in [1.54, 1.807) is 48.5 Å². The van der Waals surface area contributed by atoms with Crippen molar-refractivity contribution < 1.29 is 13.2 Å². The third kappa shape index (κ3) is 5.26. The highest BCUT2D eigenvalue weighted by molar-refractivity contribution is 9.10. The average molecular weight is 538 g/mol. The predicted octanol–water partition coefficient (Wildman–Crippen LogP) is 5.35. The molecule has 0 atom stereocenters.